The van der Waals surface area contributed by atoms with Crippen molar-refractivity contribution in [3.63, 3.8) is 0 Å². The molecule has 0 radical (unpaired) electrons. The number of rotatable bonds is 16. The Morgan fingerprint density at radius 3 is 1.97 bits per heavy atom. The summed E-state index contributed by atoms with van der Waals surface area (Å²) >= 11 is 3.89. The van der Waals surface area contributed by atoms with Gasteiger partial charge >= 0.3 is 5.97 Å². The molecule has 184 valence electrons. The van der Waals surface area contributed by atoms with Crippen molar-refractivity contribution in [3.05, 3.63) is 0 Å². The van der Waals surface area contributed by atoms with Gasteiger partial charge in [0.15, 0.2) is 0 Å². The molecule has 0 rings (SSSR count). The SMILES string of the molecule is CC(C)C(NC(=O)C(CCC(N)=O)NC(=O)C(N)CCCCN)C(=O)NC(CS)C(=O)O. The van der Waals surface area contributed by atoms with Crippen LogP contribution in [0.5, 0.6) is 0 Å². The van der Waals surface area contributed by atoms with Gasteiger partial charge in [0.05, 0.1) is 6.04 Å². The van der Waals surface area contributed by atoms with E-state index in [0.29, 0.717) is 25.8 Å². The van der Waals surface area contributed by atoms with Crippen LogP contribution in [0.1, 0.15) is 46.0 Å². The minimum Gasteiger partial charge on any atom is -0.480 e. The van der Waals surface area contributed by atoms with Gasteiger partial charge in [0, 0.05) is 12.2 Å². The molecule has 0 heterocycles. The first-order valence-corrected chi connectivity index (χ1v) is 11.1. The standard InChI is InChI=1S/C19H36N6O6S/c1-10(2)15(18(29)24-13(9-32)19(30)31)25-17(28)12(6-7-14(22)26)23-16(27)11(21)5-3-4-8-20/h10-13,15,32H,3-9,20-21H2,1-2H3,(H2,22,26)(H,23,27)(H,24,29)(H,25,28)(H,30,31). The Labute approximate surface area is 193 Å². The molecule has 0 aromatic carbocycles. The summed E-state index contributed by atoms with van der Waals surface area (Å²) in [5.74, 6) is -4.50. The largest absolute Gasteiger partial charge is 0.480 e. The maximum atomic E-state index is 12.8. The van der Waals surface area contributed by atoms with E-state index >= 15 is 0 Å². The lowest BCUT2D eigenvalue weighted by Gasteiger charge is -2.26. The molecular formula is C19H36N6O6S. The zero-order chi connectivity index (χ0) is 24.8. The van der Waals surface area contributed by atoms with E-state index in [1.807, 2.05) is 0 Å². The molecule has 0 aromatic heterocycles. The number of carbonyl (C=O) groups excluding carboxylic acids is 4. The number of hydrogen-bond acceptors (Lipinski definition) is 8. The fourth-order valence-corrected chi connectivity index (χ4v) is 2.96. The van der Waals surface area contributed by atoms with Crippen LogP contribution in [0.3, 0.4) is 0 Å². The number of primary amides is 1. The van der Waals surface area contributed by atoms with Crippen LogP contribution in [-0.4, -0.2) is 71.2 Å². The Morgan fingerprint density at radius 2 is 1.50 bits per heavy atom. The average molecular weight is 477 g/mol. The van der Waals surface area contributed by atoms with Crippen molar-refractivity contribution in [2.24, 2.45) is 23.1 Å². The zero-order valence-electron chi connectivity index (χ0n) is 18.5. The maximum absolute atomic E-state index is 12.8. The Hall–Kier alpha value is -2.38. The highest BCUT2D eigenvalue weighted by Gasteiger charge is 2.31. The monoisotopic (exact) mass is 476 g/mol. The van der Waals surface area contributed by atoms with Crippen LogP contribution in [0.2, 0.25) is 0 Å². The Balaban J connectivity index is 5.32. The number of carboxylic acid groups (broad SMARTS) is 1. The summed E-state index contributed by atoms with van der Waals surface area (Å²) in [7, 11) is 0. The molecule has 12 nitrogen and oxygen atoms in total. The normalized spacial score (nSPS) is 14.7. The van der Waals surface area contributed by atoms with Gasteiger partial charge in [-0.2, -0.15) is 12.6 Å². The van der Waals surface area contributed by atoms with Crippen molar-refractivity contribution in [2.75, 3.05) is 12.3 Å². The number of aliphatic carboxylic acids is 1. The third kappa shape index (κ3) is 11.3. The third-order valence-corrected chi connectivity index (χ3v) is 5.03. The number of hydrogen-bond donors (Lipinski definition) is 8. The van der Waals surface area contributed by atoms with Gasteiger partial charge in [0.2, 0.25) is 23.6 Å². The van der Waals surface area contributed by atoms with Gasteiger partial charge in [-0.1, -0.05) is 20.3 Å². The van der Waals surface area contributed by atoms with E-state index in [4.69, 9.17) is 22.3 Å². The van der Waals surface area contributed by atoms with E-state index in [1.165, 1.54) is 0 Å². The van der Waals surface area contributed by atoms with Gasteiger partial charge in [-0.15, -0.1) is 0 Å². The van der Waals surface area contributed by atoms with E-state index < -0.39 is 59.7 Å². The summed E-state index contributed by atoms with van der Waals surface area (Å²) in [5.41, 5.74) is 16.4. The molecule has 0 spiro atoms. The maximum Gasteiger partial charge on any atom is 0.327 e. The highest BCUT2D eigenvalue weighted by atomic mass is 32.1. The first kappa shape index (κ1) is 29.6. The van der Waals surface area contributed by atoms with E-state index in [9.17, 15) is 24.0 Å². The Bertz CT molecular complexity index is 662. The molecule has 0 fully saturated rings. The van der Waals surface area contributed by atoms with Crippen LogP contribution < -0.4 is 33.2 Å². The molecule has 0 saturated carbocycles. The number of nitrogens with one attached hydrogen (secondary N) is 3. The van der Waals surface area contributed by atoms with E-state index in [2.05, 4.69) is 28.6 Å². The molecule has 0 aromatic rings. The number of amides is 4. The summed E-state index contributed by atoms with van der Waals surface area (Å²) < 4.78 is 0. The molecule has 4 atom stereocenters. The van der Waals surface area contributed by atoms with Crippen LogP contribution in [0.25, 0.3) is 0 Å². The summed E-state index contributed by atoms with van der Waals surface area (Å²) in [6.45, 7) is 3.78. The smallest absolute Gasteiger partial charge is 0.327 e. The lowest BCUT2D eigenvalue weighted by atomic mass is 10.0. The summed E-state index contributed by atoms with van der Waals surface area (Å²) in [5, 5.41) is 16.4. The fourth-order valence-electron chi connectivity index (χ4n) is 2.71. The minimum atomic E-state index is -1.27. The molecule has 0 aliphatic carbocycles. The average Bonchev–Trinajstić information content (AvgIpc) is 2.71. The van der Waals surface area contributed by atoms with Crippen LogP contribution >= 0.6 is 12.6 Å². The molecule has 0 bridgehead atoms. The molecule has 10 N–H and O–H groups in total. The van der Waals surface area contributed by atoms with Crippen molar-refractivity contribution in [3.8, 4) is 0 Å². The van der Waals surface area contributed by atoms with Crippen molar-refractivity contribution in [1.29, 1.82) is 0 Å². The predicted octanol–water partition coefficient (Wildman–Crippen LogP) is -2.17. The second-order valence-electron chi connectivity index (χ2n) is 7.77. The zero-order valence-corrected chi connectivity index (χ0v) is 19.4. The van der Waals surface area contributed by atoms with Crippen molar-refractivity contribution >= 4 is 42.2 Å². The summed E-state index contributed by atoms with van der Waals surface area (Å²) in [6, 6.07) is -4.36. The number of carbonyl (C=O) groups is 5. The molecule has 13 heteroatoms. The van der Waals surface area contributed by atoms with E-state index in [0.717, 1.165) is 0 Å². The van der Waals surface area contributed by atoms with Gasteiger partial charge in [-0.3, -0.25) is 19.2 Å². The highest BCUT2D eigenvalue weighted by Crippen LogP contribution is 2.07. The summed E-state index contributed by atoms with van der Waals surface area (Å²) in [6.07, 6.45) is 1.42. The molecule has 32 heavy (non-hydrogen) atoms. The van der Waals surface area contributed by atoms with Gasteiger partial charge in [0.25, 0.3) is 0 Å². The molecule has 4 amide bonds. The van der Waals surface area contributed by atoms with Gasteiger partial charge in [-0.25, -0.2) is 4.79 Å². The van der Waals surface area contributed by atoms with Crippen LogP contribution in [-0.2, 0) is 24.0 Å². The molecule has 0 saturated heterocycles. The lowest BCUT2D eigenvalue weighted by Crippen LogP contribution is -2.58. The number of carboxylic acids is 1. The van der Waals surface area contributed by atoms with E-state index in [1.54, 1.807) is 13.8 Å². The third-order valence-electron chi connectivity index (χ3n) is 4.66. The molecular weight excluding hydrogens is 440 g/mol. The van der Waals surface area contributed by atoms with Crippen LogP contribution in [0.15, 0.2) is 0 Å². The van der Waals surface area contributed by atoms with Crippen molar-refractivity contribution in [2.45, 2.75) is 70.1 Å². The molecule has 0 aliphatic heterocycles. The molecule has 4 unspecified atom stereocenters. The topological polar surface area (TPSA) is 220 Å². The first-order valence-electron chi connectivity index (χ1n) is 10.4. The highest BCUT2D eigenvalue weighted by molar-refractivity contribution is 7.80. The minimum absolute atomic E-state index is 0.0940. The first-order chi connectivity index (χ1) is 14.9. The second kappa shape index (κ2) is 15.4. The number of unbranched alkanes of at least 4 members (excludes halogenated alkanes) is 1. The lowest BCUT2D eigenvalue weighted by molar-refractivity contribution is -0.142. The van der Waals surface area contributed by atoms with Crippen LogP contribution in [0, 0.1) is 5.92 Å². The number of thiol groups is 1. The Morgan fingerprint density at radius 1 is 0.906 bits per heavy atom. The van der Waals surface area contributed by atoms with Crippen LogP contribution in [0.4, 0.5) is 0 Å². The van der Waals surface area contributed by atoms with E-state index in [-0.39, 0.29) is 18.6 Å². The fraction of sp³-hybridized carbons (Fsp3) is 0.737. The van der Waals surface area contributed by atoms with Crippen molar-refractivity contribution < 1.29 is 29.1 Å². The second-order valence-corrected chi connectivity index (χ2v) is 8.13. The Kier molecular flexibility index (Phi) is 14.3. The predicted molar refractivity (Wildman–Crippen MR) is 121 cm³/mol. The van der Waals surface area contributed by atoms with Crippen molar-refractivity contribution in [1.82, 2.24) is 16.0 Å². The quantitative estimate of drug-likeness (QED) is 0.0902. The van der Waals surface area contributed by atoms with Gasteiger partial charge in [-0.05, 0) is 31.7 Å². The van der Waals surface area contributed by atoms with Gasteiger partial charge < -0.3 is 38.3 Å². The number of nitrogens with two attached hydrogens (primary N) is 3. The summed E-state index contributed by atoms with van der Waals surface area (Å²) in [4.78, 5) is 60.1. The van der Waals surface area contributed by atoms with Gasteiger partial charge in [0.1, 0.15) is 18.1 Å². The molecule has 0 aliphatic rings.